The molecule has 11 nitrogen and oxygen atoms in total. The van der Waals surface area contributed by atoms with Crippen LogP contribution in [0.4, 0.5) is 0 Å². The van der Waals surface area contributed by atoms with Crippen molar-refractivity contribution in [3.63, 3.8) is 0 Å². The van der Waals surface area contributed by atoms with Crippen molar-refractivity contribution in [2.75, 3.05) is 13.2 Å². The van der Waals surface area contributed by atoms with Crippen LogP contribution in [0.2, 0.25) is 0 Å². The molecular weight excluding hydrogens is 1090 g/mol. The van der Waals surface area contributed by atoms with Crippen LogP contribution in [0.15, 0.2) is 48.6 Å². The molecule has 0 aromatic rings. The number of aliphatic hydroxyl groups is 7. The van der Waals surface area contributed by atoms with Gasteiger partial charge in [-0.3, -0.25) is 4.79 Å². The van der Waals surface area contributed by atoms with Gasteiger partial charge >= 0.3 is 0 Å². The van der Waals surface area contributed by atoms with Crippen LogP contribution in [-0.4, -0.2) is 110 Å². The largest absolute Gasteiger partial charge is 0.394 e. The SMILES string of the molecule is CCCCCCCCCCC/C=C/CC/C=C/CC/C=C/CCCC(O)C(O)C(COC1OC(CO)C(O)C(O)C1O)NC(=O)C(O)CCCCCCCCCCCCCCCCCC/C=C\CCCCCCCCCCCCCCCCCCCC. The lowest BCUT2D eigenvalue weighted by Gasteiger charge is -2.40. The molecule has 1 aliphatic rings. The summed E-state index contributed by atoms with van der Waals surface area (Å²) in [7, 11) is 0. The number of unbranched alkanes of at least 4 members (excludes halogenated alkanes) is 46. The maximum Gasteiger partial charge on any atom is 0.249 e. The normalized spacial score (nSPS) is 18.9. The topological polar surface area (TPSA) is 189 Å². The molecule has 1 amide bonds. The molecule has 0 aromatic carbocycles. The van der Waals surface area contributed by atoms with Gasteiger partial charge in [0.15, 0.2) is 6.29 Å². The van der Waals surface area contributed by atoms with Gasteiger partial charge in [0, 0.05) is 0 Å². The molecule has 512 valence electrons. The molecule has 9 unspecified atom stereocenters. The fourth-order valence-electron chi connectivity index (χ4n) is 12.1. The van der Waals surface area contributed by atoms with Crippen molar-refractivity contribution in [2.45, 2.75) is 416 Å². The van der Waals surface area contributed by atoms with Crippen molar-refractivity contribution in [1.82, 2.24) is 5.32 Å². The molecule has 1 heterocycles. The molecule has 11 heteroatoms. The van der Waals surface area contributed by atoms with Crippen LogP contribution in [0.1, 0.15) is 361 Å². The number of rotatable bonds is 66. The third-order valence-electron chi connectivity index (χ3n) is 18.1. The second-order valence-electron chi connectivity index (χ2n) is 26.3. The molecule has 0 aromatic heterocycles. The summed E-state index contributed by atoms with van der Waals surface area (Å²) in [6.45, 7) is 3.48. The second-order valence-corrected chi connectivity index (χ2v) is 26.3. The van der Waals surface area contributed by atoms with Gasteiger partial charge in [-0.1, -0.05) is 319 Å². The summed E-state index contributed by atoms with van der Waals surface area (Å²) in [4.78, 5) is 13.3. The predicted molar refractivity (Wildman–Crippen MR) is 367 cm³/mol. The van der Waals surface area contributed by atoms with Gasteiger partial charge in [-0.2, -0.15) is 0 Å². The first-order valence-electron chi connectivity index (χ1n) is 37.5. The zero-order valence-electron chi connectivity index (χ0n) is 56.8. The molecule has 0 radical (unpaired) electrons. The minimum absolute atomic E-state index is 0.241. The third kappa shape index (κ3) is 51.3. The lowest BCUT2D eigenvalue weighted by Crippen LogP contribution is -2.60. The molecule has 0 aliphatic carbocycles. The smallest absolute Gasteiger partial charge is 0.249 e. The van der Waals surface area contributed by atoms with E-state index in [0.717, 1.165) is 44.9 Å². The van der Waals surface area contributed by atoms with E-state index >= 15 is 0 Å². The Morgan fingerprint density at radius 3 is 1.02 bits per heavy atom. The maximum absolute atomic E-state index is 13.3. The van der Waals surface area contributed by atoms with Crippen LogP contribution in [0.25, 0.3) is 0 Å². The van der Waals surface area contributed by atoms with E-state index in [2.05, 4.69) is 67.8 Å². The van der Waals surface area contributed by atoms with Gasteiger partial charge < -0.3 is 50.5 Å². The summed E-state index contributed by atoms with van der Waals surface area (Å²) in [6, 6.07) is -1.20. The molecule has 0 saturated carbocycles. The number of carbonyl (C=O) groups is 1. The molecule has 8 N–H and O–H groups in total. The van der Waals surface area contributed by atoms with Gasteiger partial charge in [0.05, 0.1) is 25.4 Å². The molecule has 1 aliphatic heterocycles. The van der Waals surface area contributed by atoms with Crippen molar-refractivity contribution in [1.29, 1.82) is 0 Å². The van der Waals surface area contributed by atoms with Crippen LogP contribution in [-0.2, 0) is 14.3 Å². The van der Waals surface area contributed by atoms with Crippen molar-refractivity contribution in [3.05, 3.63) is 48.6 Å². The summed E-state index contributed by atoms with van der Waals surface area (Å²) in [5.74, 6) is -0.708. The number of nitrogens with one attached hydrogen (secondary N) is 1. The van der Waals surface area contributed by atoms with Gasteiger partial charge in [0.1, 0.15) is 36.6 Å². The minimum Gasteiger partial charge on any atom is -0.394 e. The number of aliphatic hydroxyl groups excluding tert-OH is 7. The number of ether oxygens (including phenoxy) is 2. The zero-order valence-corrected chi connectivity index (χ0v) is 56.8. The highest BCUT2D eigenvalue weighted by Gasteiger charge is 2.44. The fraction of sp³-hybridized carbons (Fsp3) is 0.882. The number of carbonyl (C=O) groups excluding carboxylic acids is 1. The van der Waals surface area contributed by atoms with E-state index in [4.69, 9.17) is 9.47 Å². The molecule has 87 heavy (non-hydrogen) atoms. The Bertz CT molecular complexity index is 1560. The Morgan fingerprint density at radius 1 is 0.391 bits per heavy atom. The summed E-state index contributed by atoms with van der Waals surface area (Å²) < 4.78 is 11.2. The van der Waals surface area contributed by atoms with Gasteiger partial charge in [-0.25, -0.2) is 0 Å². The maximum atomic E-state index is 13.3. The minimum atomic E-state index is -1.67. The number of hydrogen-bond donors (Lipinski definition) is 8. The Hall–Kier alpha value is -1.93. The predicted octanol–water partition coefficient (Wildman–Crippen LogP) is 18.7. The number of allylic oxidation sites excluding steroid dienone is 8. The molecular formula is C76H143NO10. The summed E-state index contributed by atoms with van der Waals surface area (Å²) in [6.07, 6.45) is 73.7. The second kappa shape index (κ2) is 64.2. The van der Waals surface area contributed by atoms with Crippen LogP contribution in [0.3, 0.4) is 0 Å². The van der Waals surface area contributed by atoms with Crippen molar-refractivity contribution < 1.29 is 50.0 Å². The monoisotopic (exact) mass is 1230 g/mol. The molecule has 0 bridgehead atoms. The van der Waals surface area contributed by atoms with Crippen LogP contribution in [0, 0.1) is 0 Å². The lowest BCUT2D eigenvalue weighted by atomic mass is 9.98. The number of hydrogen-bond acceptors (Lipinski definition) is 10. The summed E-state index contributed by atoms with van der Waals surface area (Å²) in [5.41, 5.74) is 0. The molecule has 0 spiro atoms. The molecule has 1 rings (SSSR count). The van der Waals surface area contributed by atoms with E-state index in [-0.39, 0.29) is 12.8 Å². The third-order valence-corrected chi connectivity index (χ3v) is 18.1. The molecule has 1 fully saturated rings. The van der Waals surface area contributed by atoms with E-state index in [1.165, 1.54) is 270 Å². The summed E-state index contributed by atoms with van der Waals surface area (Å²) >= 11 is 0. The molecule has 1 saturated heterocycles. The Kier molecular flexibility index (Phi) is 61.3. The van der Waals surface area contributed by atoms with Crippen molar-refractivity contribution >= 4 is 5.91 Å². The van der Waals surface area contributed by atoms with Crippen LogP contribution < -0.4 is 5.32 Å². The highest BCUT2D eigenvalue weighted by atomic mass is 16.7. The van der Waals surface area contributed by atoms with E-state index in [9.17, 15) is 40.5 Å². The van der Waals surface area contributed by atoms with E-state index < -0.39 is 74.2 Å². The van der Waals surface area contributed by atoms with Gasteiger partial charge in [0.25, 0.3) is 0 Å². The van der Waals surface area contributed by atoms with E-state index in [1.54, 1.807) is 0 Å². The lowest BCUT2D eigenvalue weighted by molar-refractivity contribution is -0.303. The zero-order chi connectivity index (χ0) is 63.1. The highest BCUT2D eigenvalue weighted by molar-refractivity contribution is 5.80. The van der Waals surface area contributed by atoms with E-state index in [0.29, 0.717) is 19.3 Å². The van der Waals surface area contributed by atoms with Crippen LogP contribution in [0.5, 0.6) is 0 Å². The first-order chi connectivity index (χ1) is 42.7. The van der Waals surface area contributed by atoms with E-state index in [1.807, 2.05) is 0 Å². The quantitative estimate of drug-likeness (QED) is 0.0215. The first-order valence-corrected chi connectivity index (χ1v) is 37.5. The molecule has 9 atom stereocenters. The standard InChI is InChI=1S/C76H143NO10/c1-3-5-7-9-11-13-15-17-19-21-23-25-27-28-29-30-31-32-33-34-35-36-37-38-39-40-41-42-44-46-48-50-52-54-56-58-60-62-64-69(80)75(85)77-67(66-86-76-74(84)73(83)72(82)70(65-78)87-76)71(81)68(79)63-61-59-57-55-53-51-49-47-45-43-26-24-22-20-18-16-14-12-10-8-6-4-2/h24,26,34-35,47,49,55,57,67-74,76,78-84H,3-23,25,27-33,36-46,48,50-54,56,58-66H2,1-2H3,(H,77,85)/b26-24+,35-34-,49-47+,57-55+. The van der Waals surface area contributed by atoms with Crippen LogP contribution >= 0.6 is 0 Å². The summed E-state index contributed by atoms with van der Waals surface area (Å²) in [5, 5.41) is 76.5. The Morgan fingerprint density at radius 2 is 0.690 bits per heavy atom. The highest BCUT2D eigenvalue weighted by Crippen LogP contribution is 2.24. The average molecular weight is 1230 g/mol. The fourth-order valence-corrected chi connectivity index (χ4v) is 12.1. The first kappa shape index (κ1) is 83.1. The van der Waals surface area contributed by atoms with Gasteiger partial charge in [-0.15, -0.1) is 0 Å². The average Bonchev–Trinajstić information content (AvgIpc) is 2.02. The number of amides is 1. The Balaban J connectivity index is 2.15. The van der Waals surface area contributed by atoms with Crippen molar-refractivity contribution in [3.8, 4) is 0 Å². The van der Waals surface area contributed by atoms with Gasteiger partial charge in [-0.05, 0) is 89.9 Å². The van der Waals surface area contributed by atoms with Crippen molar-refractivity contribution in [2.24, 2.45) is 0 Å². The van der Waals surface area contributed by atoms with Gasteiger partial charge in [0.2, 0.25) is 5.91 Å². The Labute approximate surface area is 536 Å².